The number of rotatable bonds is 7. The molecule has 0 aliphatic rings. The minimum atomic E-state index is -1.00. The molecule has 0 heterocycles. The average Bonchev–Trinajstić information content (AvgIpc) is 2.31. The monoisotopic (exact) mass is 238 g/mol. The highest BCUT2D eigenvalue weighted by molar-refractivity contribution is 5.92. The van der Waals surface area contributed by atoms with Crippen LogP contribution in [0, 0.1) is 0 Å². The molecule has 0 aliphatic carbocycles. The highest BCUT2D eigenvalue weighted by Crippen LogP contribution is 2.31. The number of para-hydroxylation sites is 1. The summed E-state index contributed by atoms with van der Waals surface area (Å²) in [7, 11) is 0. The summed E-state index contributed by atoms with van der Waals surface area (Å²) >= 11 is 0. The Labute approximate surface area is 101 Å². The molecule has 0 bridgehead atoms. The van der Waals surface area contributed by atoms with Crippen molar-refractivity contribution in [1.82, 2.24) is 0 Å². The molecule has 0 fully saturated rings. The van der Waals surface area contributed by atoms with E-state index in [4.69, 9.17) is 14.6 Å². The lowest BCUT2D eigenvalue weighted by atomic mass is 10.2. The molecule has 0 spiro atoms. The van der Waals surface area contributed by atoms with E-state index >= 15 is 0 Å². The zero-order chi connectivity index (χ0) is 12.7. The molecule has 0 saturated heterocycles. The van der Waals surface area contributed by atoms with Gasteiger partial charge in [0, 0.05) is 0 Å². The van der Waals surface area contributed by atoms with Crippen LogP contribution in [0.4, 0.5) is 0 Å². The van der Waals surface area contributed by atoms with Crippen LogP contribution in [-0.2, 0) is 0 Å². The summed E-state index contributed by atoms with van der Waals surface area (Å²) in [6.45, 7) is 4.88. The highest BCUT2D eigenvalue weighted by Gasteiger charge is 2.16. The highest BCUT2D eigenvalue weighted by atomic mass is 16.5. The van der Waals surface area contributed by atoms with Crippen LogP contribution < -0.4 is 9.47 Å². The Bertz CT molecular complexity index is 374. The Morgan fingerprint density at radius 1 is 1.29 bits per heavy atom. The van der Waals surface area contributed by atoms with Crippen molar-refractivity contribution < 1.29 is 19.4 Å². The molecule has 0 amide bonds. The maximum absolute atomic E-state index is 11.1. The fraction of sp³-hybridized carbons (Fsp3) is 0.462. The smallest absolute Gasteiger partial charge is 0.339 e. The first-order chi connectivity index (χ1) is 8.20. The van der Waals surface area contributed by atoms with Crippen molar-refractivity contribution in [1.29, 1.82) is 0 Å². The van der Waals surface area contributed by atoms with Gasteiger partial charge in [-0.05, 0) is 25.5 Å². The standard InChI is InChI=1S/C13H18O4/c1-3-5-9-17-12-10(13(14)15)7-6-8-11(12)16-4-2/h6-8H,3-5,9H2,1-2H3,(H,14,15). The Kier molecular flexibility index (Phi) is 5.33. The molecule has 17 heavy (non-hydrogen) atoms. The van der Waals surface area contributed by atoms with Gasteiger partial charge in [-0.2, -0.15) is 0 Å². The lowest BCUT2D eigenvalue weighted by Crippen LogP contribution is -2.06. The normalized spacial score (nSPS) is 10.0. The van der Waals surface area contributed by atoms with Crippen molar-refractivity contribution in [2.24, 2.45) is 0 Å². The second kappa shape index (κ2) is 6.78. The number of carboxylic acids is 1. The Morgan fingerprint density at radius 3 is 2.65 bits per heavy atom. The molecule has 1 aromatic carbocycles. The van der Waals surface area contributed by atoms with E-state index < -0.39 is 5.97 Å². The van der Waals surface area contributed by atoms with E-state index in [0.717, 1.165) is 12.8 Å². The summed E-state index contributed by atoms with van der Waals surface area (Å²) in [6.07, 6.45) is 1.89. The first-order valence-corrected chi connectivity index (χ1v) is 5.82. The van der Waals surface area contributed by atoms with E-state index in [1.165, 1.54) is 6.07 Å². The molecule has 0 saturated carbocycles. The van der Waals surface area contributed by atoms with E-state index in [2.05, 4.69) is 6.92 Å². The van der Waals surface area contributed by atoms with Crippen LogP contribution in [0.3, 0.4) is 0 Å². The predicted octanol–water partition coefficient (Wildman–Crippen LogP) is 2.96. The number of aromatic carboxylic acids is 1. The lowest BCUT2D eigenvalue weighted by molar-refractivity contribution is 0.0691. The average molecular weight is 238 g/mol. The fourth-order valence-electron chi connectivity index (χ4n) is 1.42. The topological polar surface area (TPSA) is 55.8 Å². The molecular formula is C13H18O4. The third-order valence-corrected chi connectivity index (χ3v) is 2.25. The fourth-order valence-corrected chi connectivity index (χ4v) is 1.42. The van der Waals surface area contributed by atoms with Crippen LogP contribution >= 0.6 is 0 Å². The third kappa shape index (κ3) is 3.66. The summed E-state index contributed by atoms with van der Waals surface area (Å²) in [5.74, 6) is -0.183. The number of ether oxygens (including phenoxy) is 2. The maximum Gasteiger partial charge on any atom is 0.339 e. The van der Waals surface area contributed by atoms with Gasteiger partial charge in [0.2, 0.25) is 0 Å². The van der Waals surface area contributed by atoms with Crippen LogP contribution in [0.25, 0.3) is 0 Å². The van der Waals surface area contributed by atoms with Crippen molar-refractivity contribution in [2.75, 3.05) is 13.2 Å². The van der Waals surface area contributed by atoms with Crippen molar-refractivity contribution in [3.8, 4) is 11.5 Å². The largest absolute Gasteiger partial charge is 0.490 e. The van der Waals surface area contributed by atoms with Gasteiger partial charge in [0.25, 0.3) is 0 Å². The number of benzene rings is 1. The summed E-state index contributed by atoms with van der Waals surface area (Å²) < 4.78 is 10.9. The summed E-state index contributed by atoms with van der Waals surface area (Å²) in [6, 6.07) is 4.89. The molecule has 1 aromatic rings. The molecule has 0 aromatic heterocycles. The second-order valence-electron chi connectivity index (χ2n) is 3.57. The molecular weight excluding hydrogens is 220 g/mol. The van der Waals surface area contributed by atoms with Crippen molar-refractivity contribution >= 4 is 5.97 Å². The van der Waals surface area contributed by atoms with Gasteiger partial charge in [0.05, 0.1) is 13.2 Å². The summed E-state index contributed by atoms with van der Waals surface area (Å²) in [4.78, 5) is 11.1. The van der Waals surface area contributed by atoms with E-state index in [0.29, 0.717) is 24.7 Å². The lowest BCUT2D eigenvalue weighted by Gasteiger charge is -2.13. The van der Waals surface area contributed by atoms with Gasteiger partial charge in [-0.1, -0.05) is 19.4 Å². The molecule has 0 radical (unpaired) electrons. The van der Waals surface area contributed by atoms with Gasteiger partial charge < -0.3 is 14.6 Å². The molecule has 0 aliphatic heterocycles. The van der Waals surface area contributed by atoms with Gasteiger partial charge in [0.1, 0.15) is 5.56 Å². The minimum absolute atomic E-state index is 0.145. The van der Waals surface area contributed by atoms with Gasteiger partial charge in [-0.15, -0.1) is 0 Å². The number of hydrogen-bond acceptors (Lipinski definition) is 3. The quantitative estimate of drug-likeness (QED) is 0.742. The Morgan fingerprint density at radius 2 is 2.06 bits per heavy atom. The molecule has 0 atom stereocenters. The Balaban J connectivity index is 2.96. The van der Waals surface area contributed by atoms with Crippen LogP contribution in [-0.4, -0.2) is 24.3 Å². The molecule has 1 rings (SSSR count). The zero-order valence-electron chi connectivity index (χ0n) is 10.2. The molecule has 4 nitrogen and oxygen atoms in total. The second-order valence-corrected chi connectivity index (χ2v) is 3.57. The number of hydrogen-bond donors (Lipinski definition) is 1. The van der Waals surface area contributed by atoms with Crippen molar-refractivity contribution in [2.45, 2.75) is 26.7 Å². The zero-order valence-corrected chi connectivity index (χ0v) is 10.2. The van der Waals surface area contributed by atoms with Gasteiger partial charge >= 0.3 is 5.97 Å². The van der Waals surface area contributed by atoms with Gasteiger partial charge in [-0.25, -0.2) is 4.79 Å². The van der Waals surface area contributed by atoms with E-state index in [9.17, 15) is 4.79 Å². The maximum atomic E-state index is 11.1. The number of carbonyl (C=O) groups is 1. The van der Waals surface area contributed by atoms with Crippen LogP contribution in [0.1, 0.15) is 37.0 Å². The van der Waals surface area contributed by atoms with Crippen molar-refractivity contribution in [3.05, 3.63) is 23.8 Å². The van der Waals surface area contributed by atoms with Crippen LogP contribution in [0.15, 0.2) is 18.2 Å². The summed E-state index contributed by atoms with van der Waals surface area (Å²) in [5.41, 5.74) is 0.145. The predicted molar refractivity (Wildman–Crippen MR) is 65.0 cm³/mol. The third-order valence-electron chi connectivity index (χ3n) is 2.25. The number of unbranched alkanes of at least 4 members (excludes halogenated alkanes) is 1. The minimum Gasteiger partial charge on any atom is -0.490 e. The van der Waals surface area contributed by atoms with Crippen LogP contribution in [0.2, 0.25) is 0 Å². The molecule has 1 N–H and O–H groups in total. The van der Waals surface area contributed by atoms with Crippen LogP contribution in [0.5, 0.6) is 11.5 Å². The molecule has 0 unspecified atom stereocenters. The van der Waals surface area contributed by atoms with Gasteiger partial charge in [-0.3, -0.25) is 0 Å². The van der Waals surface area contributed by atoms with E-state index in [1.807, 2.05) is 6.92 Å². The molecule has 4 heteroatoms. The molecule has 94 valence electrons. The summed E-state index contributed by atoms with van der Waals surface area (Å²) in [5, 5.41) is 9.08. The Hall–Kier alpha value is -1.71. The first-order valence-electron chi connectivity index (χ1n) is 5.82. The first kappa shape index (κ1) is 13.4. The van der Waals surface area contributed by atoms with Gasteiger partial charge in [0.15, 0.2) is 11.5 Å². The SMILES string of the molecule is CCCCOc1c(OCC)cccc1C(=O)O. The van der Waals surface area contributed by atoms with E-state index in [1.54, 1.807) is 12.1 Å². The van der Waals surface area contributed by atoms with Crippen molar-refractivity contribution in [3.63, 3.8) is 0 Å². The number of carboxylic acid groups (broad SMARTS) is 1. The van der Waals surface area contributed by atoms with E-state index in [-0.39, 0.29) is 5.56 Å².